The van der Waals surface area contributed by atoms with Crippen molar-refractivity contribution in [2.75, 3.05) is 19.6 Å². The molecule has 1 N–H and O–H groups in total. The average molecular weight is 382 g/mol. The Morgan fingerprint density at radius 2 is 1.72 bits per heavy atom. The Kier molecular flexibility index (Phi) is 5.26. The van der Waals surface area contributed by atoms with E-state index in [-0.39, 0.29) is 5.92 Å². The molecule has 2 saturated heterocycles. The van der Waals surface area contributed by atoms with Crippen LogP contribution < -0.4 is 4.90 Å². The van der Waals surface area contributed by atoms with Gasteiger partial charge in [-0.25, -0.2) is 0 Å². The highest BCUT2D eigenvalue weighted by Crippen LogP contribution is 2.35. The van der Waals surface area contributed by atoms with Crippen LogP contribution in [0.25, 0.3) is 0 Å². The molecule has 5 heteroatoms. The van der Waals surface area contributed by atoms with Crippen molar-refractivity contribution in [3.05, 3.63) is 33.8 Å². The number of benzene rings is 1. The molecule has 0 radical (unpaired) electrons. The zero-order valence-electron chi connectivity index (χ0n) is 14.6. The molecule has 1 amide bonds. The van der Waals surface area contributed by atoms with Crippen LogP contribution in [0.2, 0.25) is 10.0 Å². The molecule has 3 nitrogen and oxygen atoms in total. The lowest BCUT2D eigenvalue weighted by atomic mass is 9.88. The van der Waals surface area contributed by atoms with Crippen LogP contribution in [0.4, 0.5) is 0 Å². The van der Waals surface area contributed by atoms with Crippen molar-refractivity contribution in [2.45, 2.75) is 62.9 Å². The second-order valence-electron chi connectivity index (χ2n) is 7.87. The maximum atomic E-state index is 13.2. The summed E-state index contributed by atoms with van der Waals surface area (Å²) in [6, 6.07) is 6.73. The summed E-state index contributed by atoms with van der Waals surface area (Å²) in [5, 5.41) is 1.10. The number of hydrogen-bond donors (Lipinski definition) is 1. The molecule has 1 aromatic rings. The molecule has 2 aliphatic heterocycles. The van der Waals surface area contributed by atoms with Gasteiger partial charge in [-0.2, -0.15) is 0 Å². The fourth-order valence-electron chi connectivity index (χ4n) is 5.23. The molecular weight excluding hydrogens is 355 g/mol. The first-order chi connectivity index (χ1) is 12.1. The van der Waals surface area contributed by atoms with E-state index in [0.717, 1.165) is 18.5 Å². The molecule has 1 aliphatic carbocycles. The van der Waals surface area contributed by atoms with Gasteiger partial charge in [0, 0.05) is 25.8 Å². The fraction of sp³-hybridized carbons (Fsp3) is 0.650. The quantitative estimate of drug-likeness (QED) is 0.853. The lowest BCUT2D eigenvalue weighted by Gasteiger charge is -2.40. The Hall–Kier alpha value is -0.770. The summed E-state index contributed by atoms with van der Waals surface area (Å²) in [6.07, 6.45) is 8.62. The SMILES string of the molecule is O=C1[C@@H](c2ccc(Cl)c(Cl)c2)CCN1[C@H]1CCCC[C@@H]1[NH+]1CCCC1. The first-order valence-electron chi connectivity index (χ1n) is 9.75. The van der Waals surface area contributed by atoms with E-state index in [2.05, 4.69) is 4.90 Å². The summed E-state index contributed by atoms with van der Waals surface area (Å²) in [5.41, 5.74) is 1.02. The van der Waals surface area contributed by atoms with E-state index in [1.807, 2.05) is 18.2 Å². The monoisotopic (exact) mass is 381 g/mol. The molecule has 1 saturated carbocycles. The zero-order chi connectivity index (χ0) is 17.4. The number of quaternary nitrogens is 1. The standard InChI is InChI=1S/C20H26Cl2N2O/c21-16-8-7-14(13-17(16)22)15-9-12-24(20(15)25)19-6-2-1-5-18(19)23-10-3-4-11-23/h7-8,13,15,18-19H,1-6,9-12H2/p+1/t15-,18+,19+/m1/s1. The van der Waals surface area contributed by atoms with Gasteiger partial charge in [0.2, 0.25) is 5.91 Å². The molecule has 3 fully saturated rings. The second-order valence-corrected chi connectivity index (χ2v) is 8.68. The van der Waals surface area contributed by atoms with Gasteiger partial charge in [-0.05, 0) is 37.0 Å². The minimum absolute atomic E-state index is 0.0501. The molecule has 136 valence electrons. The normalized spacial score (nSPS) is 31.0. The summed E-state index contributed by atoms with van der Waals surface area (Å²) in [7, 11) is 0. The maximum absolute atomic E-state index is 13.2. The number of carbonyl (C=O) groups excluding carboxylic acids is 1. The van der Waals surface area contributed by atoms with Crippen LogP contribution in [0.5, 0.6) is 0 Å². The van der Waals surface area contributed by atoms with E-state index in [0.29, 0.717) is 28.0 Å². The van der Waals surface area contributed by atoms with Crippen molar-refractivity contribution < 1.29 is 9.69 Å². The van der Waals surface area contributed by atoms with E-state index >= 15 is 0 Å². The van der Waals surface area contributed by atoms with E-state index in [4.69, 9.17) is 23.2 Å². The highest BCUT2D eigenvalue weighted by molar-refractivity contribution is 6.42. The summed E-state index contributed by atoms with van der Waals surface area (Å²) in [4.78, 5) is 17.2. The summed E-state index contributed by atoms with van der Waals surface area (Å²) in [5.74, 6) is 0.250. The largest absolute Gasteiger partial charge is 0.333 e. The Bertz CT molecular complexity index is 645. The van der Waals surface area contributed by atoms with E-state index in [9.17, 15) is 4.79 Å². The van der Waals surface area contributed by atoms with Crippen LogP contribution in [0, 0.1) is 0 Å². The first-order valence-corrected chi connectivity index (χ1v) is 10.5. The fourth-order valence-corrected chi connectivity index (χ4v) is 5.54. The molecule has 0 unspecified atom stereocenters. The predicted molar refractivity (Wildman–Crippen MR) is 102 cm³/mol. The molecule has 3 atom stereocenters. The van der Waals surface area contributed by atoms with Crippen molar-refractivity contribution in [2.24, 2.45) is 0 Å². The third kappa shape index (κ3) is 3.43. The molecule has 3 aliphatic rings. The van der Waals surface area contributed by atoms with Gasteiger partial charge in [-0.1, -0.05) is 35.7 Å². The summed E-state index contributed by atoms with van der Waals surface area (Å²) >= 11 is 12.2. The van der Waals surface area contributed by atoms with Gasteiger partial charge in [0.1, 0.15) is 6.04 Å². The molecule has 0 aromatic heterocycles. The van der Waals surface area contributed by atoms with Crippen LogP contribution >= 0.6 is 23.2 Å². The Labute approximate surface area is 160 Å². The third-order valence-corrected chi connectivity index (χ3v) is 7.22. The van der Waals surface area contributed by atoms with Crippen LogP contribution in [0.15, 0.2) is 18.2 Å². The minimum Gasteiger partial charge on any atom is -0.333 e. The van der Waals surface area contributed by atoms with Gasteiger partial charge >= 0.3 is 0 Å². The van der Waals surface area contributed by atoms with Crippen molar-refractivity contribution >= 4 is 29.1 Å². The van der Waals surface area contributed by atoms with Crippen LogP contribution in [-0.4, -0.2) is 42.5 Å². The molecule has 25 heavy (non-hydrogen) atoms. The van der Waals surface area contributed by atoms with E-state index in [1.165, 1.54) is 51.6 Å². The molecular formula is C20H27Cl2N2O+. The number of halogens is 2. The number of nitrogens with zero attached hydrogens (tertiary/aromatic N) is 1. The van der Waals surface area contributed by atoms with Crippen molar-refractivity contribution in [1.82, 2.24) is 4.90 Å². The zero-order valence-corrected chi connectivity index (χ0v) is 16.2. The molecule has 0 bridgehead atoms. The Balaban J connectivity index is 1.52. The first kappa shape index (κ1) is 17.6. The predicted octanol–water partition coefficient (Wildman–Crippen LogP) is 3.30. The van der Waals surface area contributed by atoms with Crippen LogP contribution in [0.3, 0.4) is 0 Å². The smallest absolute Gasteiger partial charge is 0.230 e. The summed E-state index contributed by atoms with van der Waals surface area (Å²) < 4.78 is 0. The highest BCUT2D eigenvalue weighted by atomic mass is 35.5. The average Bonchev–Trinajstić information content (AvgIpc) is 3.27. The topological polar surface area (TPSA) is 24.8 Å². The maximum Gasteiger partial charge on any atom is 0.230 e. The van der Waals surface area contributed by atoms with Crippen molar-refractivity contribution in [3.63, 3.8) is 0 Å². The number of likely N-dealkylation sites (tertiary alicyclic amines) is 2. The number of hydrogen-bond acceptors (Lipinski definition) is 1. The van der Waals surface area contributed by atoms with Gasteiger partial charge in [-0.3, -0.25) is 4.79 Å². The Morgan fingerprint density at radius 3 is 2.48 bits per heavy atom. The Morgan fingerprint density at radius 1 is 0.960 bits per heavy atom. The minimum atomic E-state index is -0.0501. The second kappa shape index (κ2) is 7.46. The van der Waals surface area contributed by atoms with E-state index < -0.39 is 0 Å². The lowest BCUT2D eigenvalue weighted by Crippen LogP contribution is -3.15. The number of carbonyl (C=O) groups is 1. The van der Waals surface area contributed by atoms with Crippen molar-refractivity contribution in [1.29, 1.82) is 0 Å². The van der Waals surface area contributed by atoms with Gasteiger partial charge in [0.25, 0.3) is 0 Å². The third-order valence-electron chi connectivity index (χ3n) is 6.49. The van der Waals surface area contributed by atoms with Gasteiger partial charge in [0.15, 0.2) is 0 Å². The number of rotatable bonds is 3. The van der Waals surface area contributed by atoms with Crippen LogP contribution in [-0.2, 0) is 4.79 Å². The van der Waals surface area contributed by atoms with Crippen molar-refractivity contribution in [3.8, 4) is 0 Å². The highest BCUT2D eigenvalue weighted by Gasteiger charge is 2.44. The van der Waals surface area contributed by atoms with Crippen LogP contribution in [0.1, 0.15) is 56.4 Å². The molecule has 1 aromatic carbocycles. The number of amides is 1. The molecule has 0 spiro atoms. The van der Waals surface area contributed by atoms with E-state index in [1.54, 1.807) is 4.90 Å². The summed E-state index contributed by atoms with van der Waals surface area (Å²) in [6.45, 7) is 3.47. The molecule has 4 rings (SSSR count). The molecule has 2 heterocycles. The van der Waals surface area contributed by atoms with Gasteiger partial charge in [-0.15, -0.1) is 0 Å². The number of nitrogens with one attached hydrogen (secondary N) is 1. The van der Waals surface area contributed by atoms with Gasteiger partial charge in [0.05, 0.1) is 35.1 Å². The van der Waals surface area contributed by atoms with Gasteiger partial charge < -0.3 is 9.80 Å². The lowest BCUT2D eigenvalue weighted by molar-refractivity contribution is -0.917.